The van der Waals surface area contributed by atoms with E-state index in [-0.39, 0.29) is 35.8 Å². The van der Waals surface area contributed by atoms with Crippen molar-refractivity contribution in [3.05, 3.63) is 81.1 Å². The molecule has 0 bridgehead atoms. The van der Waals surface area contributed by atoms with Crippen LogP contribution in [0.15, 0.2) is 48.7 Å². The zero-order valence-corrected chi connectivity index (χ0v) is 18.8. The number of aliphatic hydroxyl groups excluding tert-OH is 1. The van der Waals surface area contributed by atoms with Gasteiger partial charge in [0.1, 0.15) is 29.2 Å². The number of nitriles is 2. The van der Waals surface area contributed by atoms with Crippen molar-refractivity contribution in [1.82, 2.24) is 14.3 Å². The average molecular weight is 477 g/mol. The Balaban J connectivity index is 1.83. The quantitative estimate of drug-likeness (QED) is 0.391. The number of fused-ring (bicyclic) bond motifs is 1. The van der Waals surface area contributed by atoms with Crippen molar-refractivity contribution in [2.75, 3.05) is 12.3 Å². The topological polar surface area (TPSA) is 117 Å². The molecule has 4 rings (SSSR count). The molecule has 0 fully saturated rings. The average Bonchev–Trinajstić information content (AvgIpc) is 3.31. The number of allylic oxidation sites excluding steroid dienone is 1. The van der Waals surface area contributed by atoms with E-state index in [0.717, 1.165) is 22.0 Å². The molecule has 0 amide bonds. The first-order valence-electron chi connectivity index (χ1n) is 9.98. The summed E-state index contributed by atoms with van der Waals surface area (Å²) in [7, 11) is 0. The molecule has 9 heteroatoms. The number of nitrogen functional groups attached to an aromatic ring is 1. The van der Waals surface area contributed by atoms with Crippen LogP contribution in [0, 0.1) is 22.7 Å². The molecule has 33 heavy (non-hydrogen) atoms. The second kappa shape index (κ2) is 9.40. The van der Waals surface area contributed by atoms with Crippen LogP contribution in [-0.2, 0) is 13.1 Å². The highest BCUT2D eigenvalue weighted by Gasteiger charge is 2.19. The molecule has 0 aliphatic carbocycles. The molecule has 0 aliphatic rings. The Bertz CT molecular complexity index is 1470. The van der Waals surface area contributed by atoms with Crippen molar-refractivity contribution in [1.29, 1.82) is 10.5 Å². The molecule has 0 unspecified atom stereocenters. The Morgan fingerprint density at radius 2 is 1.97 bits per heavy atom. The van der Waals surface area contributed by atoms with E-state index >= 15 is 0 Å². The third-order valence-corrected chi connectivity index (χ3v) is 5.85. The van der Waals surface area contributed by atoms with E-state index in [1.165, 1.54) is 4.68 Å². The molecule has 0 atom stereocenters. The molecule has 164 valence electrons. The maximum atomic E-state index is 9.86. The minimum absolute atomic E-state index is 0.105. The summed E-state index contributed by atoms with van der Waals surface area (Å²) in [6.45, 7) is 0.441. The molecule has 2 aromatic heterocycles. The van der Waals surface area contributed by atoms with Crippen molar-refractivity contribution >= 4 is 51.6 Å². The van der Waals surface area contributed by atoms with E-state index in [2.05, 4.69) is 11.2 Å². The summed E-state index contributed by atoms with van der Waals surface area (Å²) in [4.78, 5) is 0. The van der Waals surface area contributed by atoms with Crippen LogP contribution in [-0.4, -0.2) is 26.1 Å². The molecule has 2 heterocycles. The van der Waals surface area contributed by atoms with Crippen LogP contribution >= 0.6 is 23.2 Å². The molecule has 0 spiro atoms. The molecular formula is C24H18Cl2N6O. The molecule has 7 nitrogen and oxygen atoms in total. The first-order valence-corrected chi connectivity index (χ1v) is 10.7. The Morgan fingerprint density at radius 3 is 2.67 bits per heavy atom. The lowest BCUT2D eigenvalue weighted by molar-refractivity contribution is 0.270. The van der Waals surface area contributed by atoms with Crippen LogP contribution in [0.25, 0.3) is 22.6 Å². The van der Waals surface area contributed by atoms with Gasteiger partial charge in [-0.05, 0) is 29.8 Å². The number of anilines is 1. The van der Waals surface area contributed by atoms with Crippen LogP contribution in [0.4, 0.5) is 5.82 Å². The number of hydrogen-bond acceptors (Lipinski definition) is 5. The van der Waals surface area contributed by atoms with E-state index in [9.17, 15) is 15.6 Å². The fourth-order valence-electron chi connectivity index (χ4n) is 3.70. The highest BCUT2D eigenvalue weighted by atomic mass is 35.5. The van der Waals surface area contributed by atoms with Gasteiger partial charge in [0.25, 0.3) is 0 Å². The zero-order valence-electron chi connectivity index (χ0n) is 17.3. The van der Waals surface area contributed by atoms with Crippen molar-refractivity contribution in [2.24, 2.45) is 0 Å². The van der Waals surface area contributed by atoms with Crippen molar-refractivity contribution < 1.29 is 5.11 Å². The summed E-state index contributed by atoms with van der Waals surface area (Å²) in [5, 5.41) is 35.0. The number of halogens is 2. The number of hydrogen-bond donors (Lipinski definition) is 2. The number of nitrogens with two attached hydrogens (primary N) is 1. The SMILES string of the molecule is N#CC(=Cc1cn(Cc2ccc(Cl)cc2Cl)c2ccccc12)c1nn(CCO)c(N)c1C#N. The van der Waals surface area contributed by atoms with Crippen LogP contribution in [0.1, 0.15) is 22.4 Å². The Labute approximate surface area is 200 Å². The number of aromatic nitrogens is 3. The highest BCUT2D eigenvalue weighted by Crippen LogP contribution is 2.30. The smallest absolute Gasteiger partial charge is 0.140 e. The van der Waals surface area contributed by atoms with Gasteiger partial charge < -0.3 is 15.4 Å². The predicted molar refractivity (Wildman–Crippen MR) is 129 cm³/mol. The monoisotopic (exact) mass is 476 g/mol. The second-order valence-corrected chi connectivity index (χ2v) is 8.15. The molecule has 0 radical (unpaired) electrons. The molecule has 2 aromatic carbocycles. The summed E-state index contributed by atoms with van der Waals surface area (Å²) in [5.41, 5.74) is 9.12. The Morgan fingerprint density at radius 1 is 1.18 bits per heavy atom. The van der Waals surface area contributed by atoms with Gasteiger partial charge in [0, 0.05) is 39.3 Å². The Kier molecular flexibility index (Phi) is 6.39. The van der Waals surface area contributed by atoms with E-state index in [0.29, 0.717) is 16.6 Å². The van der Waals surface area contributed by atoms with Gasteiger partial charge in [-0.1, -0.05) is 47.5 Å². The summed E-state index contributed by atoms with van der Waals surface area (Å²) in [5.74, 6) is 0.113. The molecule has 3 N–H and O–H groups in total. The molecule has 4 aromatic rings. The van der Waals surface area contributed by atoms with Gasteiger partial charge in [-0.2, -0.15) is 15.6 Å². The van der Waals surface area contributed by atoms with Crippen LogP contribution in [0.3, 0.4) is 0 Å². The molecule has 0 saturated heterocycles. The lowest BCUT2D eigenvalue weighted by Gasteiger charge is -2.08. The van der Waals surface area contributed by atoms with E-state index in [1.54, 1.807) is 18.2 Å². The van der Waals surface area contributed by atoms with Gasteiger partial charge in [0.2, 0.25) is 0 Å². The van der Waals surface area contributed by atoms with Gasteiger partial charge in [0.05, 0.1) is 18.7 Å². The zero-order chi connectivity index (χ0) is 23.5. The number of rotatable bonds is 6. The number of para-hydroxylation sites is 1. The van der Waals surface area contributed by atoms with E-state index in [1.807, 2.05) is 47.2 Å². The van der Waals surface area contributed by atoms with Crippen molar-refractivity contribution in [2.45, 2.75) is 13.1 Å². The van der Waals surface area contributed by atoms with Gasteiger partial charge in [-0.15, -0.1) is 0 Å². The van der Waals surface area contributed by atoms with E-state index in [4.69, 9.17) is 28.9 Å². The minimum Gasteiger partial charge on any atom is -0.394 e. The standard InChI is InChI=1S/C24H18Cl2N6O/c25-18-6-5-15(21(26)10-18)13-31-14-17(19-3-1-2-4-22(19)31)9-16(11-27)23-20(12-28)24(29)32(30-23)7-8-33/h1-6,9-10,14,33H,7-8,13,29H2. The maximum Gasteiger partial charge on any atom is 0.140 e. The maximum absolute atomic E-state index is 9.86. The summed E-state index contributed by atoms with van der Waals surface area (Å²) < 4.78 is 3.36. The summed E-state index contributed by atoms with van der Waals surface area (Å²) in [6, 6.07) is 17.3. The second-order valence-electron chi connectivity index (χ2n) is 7.30. The fourth-order valence-corrected chi connectivity index (χ4v) is 4.17. The van der Waals surface area contributed by atoms with Gasteiger partial charge in [-0.25, -0.2) is 4.68 Å². The van der Waals surface area contributed by atoms with Crippen molar-refractivity contribution in [3.63, 3.8) is 0 Å². The Hall–Kier alpha value is -3.75. The minimum atomic E-state index is -0.192. The van der Waals surface area contributed by atoms with Crippen LogP contribution in [0.2, 0.25) is 10.0 Å². The van der Waals surface area contributed by atoms with Crippen molar-refractivity contribution in [3.8, 4) is 12.1 Å². The van der Waals surface area contributed by atoms with E-state index < -0.39 is 0 Å². The van der Waals surface area contributed by atoms with Crippen LogP contribution in [0.5, 0.6) is 0 Å². The van der Waals surface area contributed by atoms with Gasteiger partial charge in [0.15, 0.2) is 0 Å². The fraction of sp³-hybridized carbons (Fsp3) is 0.125. The first-order chi connectivity index (χ1) is 16.0. The largest absolute Gasteiger partial charge is 0.394 e. The summed E-state index contributed by atoms with van der Waals surface area (Å²) >= 11 is 12.4. The van der Waals surface area contributed by atoms with Crippen LogP contribution < -0.4 is 5.73 Å². The first kappa shape index (κ1) is 22.4. The van der Waals surface area contributed by atoms with Gasteiger partial charge in [-0.3, -0.25) is 0 Å². The normalized spacial score (nSPS) is 11.5. The summed E-state index contributed by atoms with van der Waals surface area (Å²) in [6.07, 6.45) is 3.61. The molecule has 0 saturated carbocycles. The number of benzene rings is 2. The highest BCUT2D eigenvalue weighted by molar-refractivity contribution is 6.35. The lowest BCUT2D eigenvalue weighted by atomic mass is 10.1. The molecule has 0 aliphatic heterocycles. The molecular weight excluding hydrogens is 459 g/mol. The number of aliphatic hydroxyl groups is 1. The predicted octanol–water partition coefficient (Wildman–Crippen LogP) is 4.70. The number of nitrogens with zero attached hydrogens (tertiary/aromatic N) is 5. The van der Waals surface area contributed by atoms with Gasteiger partial charge >= 0.3 is 0 Å². The third kappa shape index (κ3) is 4.30. The lowest BCUT2D eigenvalue weighted by Crippen LogP contribution is -2.07. The third-order valence-electron chi connectivity index (χ3n) is 5.27.